The van der Waals surface area contributed by atoms with E-state index in [0.29, 0.717) is 16.5 Å². The van der Waals surface area contributed by atoms with Gasteiger partial charge in [-0.2, -0.15) is 10.2 Å². The molecule has 5 rings (SSSR count). The fraction of sp³-hybridized carbons (Fsp3) is 0.304. The molecule has 0 unspecified atom stereocenters. The Hall–Kier alpha value is -3.52. The molecule has 0 atom stereocenters. The molecule has 1 amide bonds. The van der Waals surface area contributed by atoms with E-state index in [1.165, 1.54) is 0 Å². The van der Waals surface area contributed by atoms with Gasteiger partial charge in [-0.3, -0.25) is 9.59 Å². The van der Waals surface area contributed by atoms with Crippen LogP contribution in [-0.2, 0) is 6.61 Å². The summed E-state index contributed by atoms with van der Waals surface area (Å²) in [7, 11) is 0. The van der Waals surface area contributed by atoms with Gasteiger partial charge in [0.15, 0.2) is 0 Å². The van der Waals surface area contributed by atoms with E-state index < -0.39 is 0 Å². The van der Waals surface area contributed by atoms with Crippen molar-refractivity contribution in [3.05, 3.63) is 76.0 Å². The van der Waals surface area contributed by atoms with Crippen molar-refractivity contribution in [2.24, 2.45) is 0 Å². The Morgan fingerprint density at radius 1 is 1.13 bits per heavy atom. The predicted molar refractivity (Wildman–Crippen MR) is 116 cm³/mol. The maximum Gasteiger partial charge on any atom is 0.272 e. The van der Waals surface area contributed by atoms with Crippen LogP contribution in [0.1, 0.15) is 53.2 Å². The van der Waals surface area contributed by atoms with Crippen LogP contribution in [0.25, 0.3) is 16.3 Å². The number of nitrogens with one attached hydrogen (secondary N) is 2. The van der Waals surface area contributed by atoms with Crippen molar-refractivity contribution >= 4 is 22.2 Å². The quantitative estimate of drug-likeness (QED) is 0.472. The van der Waals surface area contributed by atoms with Gasteiger partial charge < -0.3 is 10.4 Å². The molecule has 0 saturated heterocycles. The summed E-state index contributed by atoms with van der Waals surface area (Å²) in [6.45, 7) is -0.0694. The molecule has 1 fully saturated rings. The highest BCUT2D eigenvalue weighted by Crippen LogP contribution is 2.34. The molecule has 4 aromatic rings. The van der Waals surface area contributed by atoms with Gasteiger partial charge in [-0.1, -0.05) is 24.3 Å². The molecule has 8 heteroatoms. The lowest BCUT2D eigenvalue weighted by Gasteiger charge is -2.29. The number of hydrogen-bond donors (Lipinski definition) is 3. The van der Waals surface area contributed by atoms with Crippen LogP contribution in [0, 0.1) is 0 Å². The Balaban J connectivity index is 1.28. The number of aliphatic hydroxyl groups excluding tert-OH is 1. The number of benzene rings is 1. The molecule has 31 heavy (non-hydrogen) atoms. The second kappa shape index (κ2) is 7.96. The van der Waals surface area contributed by atoms with E-state index in [0.717, 1.165) is 42.3 Å². The summed E-state index contributed by atoms with van der Waals surface area (Å²) in [4.78, 5) is 24.9. The highest BCUT2D eigenvalue weighted by molar-refractivity contribution is 6.00. The molecule has 3 heterocycles. The number of H-pyrrole nitrogens is 1. The van der Waals surface area contributed by atoms with Gasteiger partial charge in [0.05, 0.1) is 35.0 Å². The van der Waals surface area contributed by atoms with E-state index >= 15 is 0 Å². The topological polar surface area (TPSA) is 112 Å². The number of rotatable bonds is 4. The summed E-state index contributed by atoms with van der Waals surface area (Å²) in [5.74, 6) is 0.117. The molecule has 3 aromatic heterocycles. The highest BCUT2D eigenvalue weighted by Gasteiger charge is 2.27. The highest BCUT2D eigenvalue weighted by atomic mass is 16.3. The Bertz CT molecular complexity index is 1320. The first-order valence-corrected chi connectivity index (χ1v) is 10.5. The summed E-state index contributed by atoms with van der Waals surface area (Å²) >= 11 is 0. The van der Waals surface area contributed by atoms with Crippen molar-refractivity contribution in [1.82, 2.24) is 25.1 Å². The Morgan fingerprint density at radius 3 is 2.68 bits per heavy atom. The zero-order valence-corrected chi connectivity index (χ0v) is 16.9. The smallest absolute Gasteiger partial charge is 0.272 e. The van der Waals surface area contributed by atoms with Gasteiger partial charge >= 0.3 is 0 Å². The second-order valence-corrected chi connectivity index (χ2v) is 8.09. The number of pyridine rings is 1. The lowest BCUT2D eigenvalue weighted by molar-refractivity contribution is 0.0927. The minimum Gasteiger partial charge on any atom is -0.392 e. The molecular formula is C23H23N5O3. The van der Waals surface area contributed by atoms with Crippen LogP contribution in [0.15, 0.2) is 53.6 Å². The first kappa shape index (κ1) is 19.4. The maximum absolute atomic E-state index is 12.8. The molecule has 1 aromatic carbocycles. The number of carbonyl (C=O) groups excluding carboxylic acids is 1. The van der Waals surface area contributed by atoms with E-state index in [4.69, 9.17) is 0 Å². The van der Waals surface area contributed by atoms with Gasteiger partial charge in [-0.25, -0.2) is 9.61 Å². The number of carbonyl (C=O) groups is 1. The van der Waals surface area contributed by atoms with Gasteiger partial charge in [0.1, 0.15) is 0 Å². The average Bonchev–Trinajstić information content (AvgIpc) is 3.23. The minimum atomic E-state index is -0.167. The molecule has 158 valence electrons. The first-order chi connectivity index (χ1) is 15.1. The summed E-state index contributed by atoms with van der Waals surface area (Å²) in [6.07, 6.45) is 6.76. The monoisotopic (exact) mass is 417 g/mol. The fourth-order valence-corrected chi connectivity index (χ4v) is 4.52. The lowest BCUT2D eigenvalue weighted by Crippen LogP contribution is -2.37. The van der Waals surface area contributed by atoms with Crippen molar-refractivity contribution in [3.8, 4) is 0 Å². The van der Waals surface area contributed by atoms with Crippen LogP contribution in [0.5, 0.6) is 0 Å². The minimum absolute atomic E-state index is 0.0694. The molecule has 0 aliphatic heterocycles. The Kier molecular flexibility index (Phi) is 4.99. The molecule has 0 bridgehead atoms. The summed E-state index contributed by atoms with van der Waals surface area (Å²) in [6, 6.07) is 11.2. The molecule has 0 radical (unpaired) electrons. The summed E-state index contributed by atoms with van der Waals surface area (Å²) < 4.78 is 1.62. The molecule has 0 spiro atoms. The van der Waals surface area contributed by atoms with E-state index in [-0.39, 0.29) is 30.0 Å². The SMILES string of the molecule is O=C(NC1CCC(c2n[nH]c(=O)c3ccccc23)CC1)c1cnn2cc(CO)ccc12. The van der Waals surface area contributed by atoms with Gasteiger partial charge in [-0.15, -0.1) is 0 Å². The third-order valence-corrected chi connectivity index (χ3v) is 6.18. The van der Waals surface area contributed by atoms with Gasteiger partial charge in [-0.05, 0) is 43.4 Å². The first-order valence-electron chi connectivity index (χ1n) is 10.5. The summed E-state index contributed by atoms with van der Waals surface area (Å²) in [5.41, 5.74) is 2.75. The van der Waals surface area contributed by atoms with Gasteiger partial charge in [0, 0.05) is 23.5 Å². The molecular weight excluding hydrogens is 394 g/mol. The van der Waals surface area contributed by atoms with Crippen LogP contribution in [-0.4, -0.2) is 36.9 Å². The number of amides is 1. The van der Waals surface area contributed by atoms with Crippen LogP contribution < -0.4 is 10.9 Å². The normalized spacial score (nSPS) is 19.0. The molecule has 1 aliphatic rings. The number of aliphatic hydroxyl groups is 1. The number of hydrogen-bond acceptors (Lipinski definition) is 5. The van der Waals surface area contributed by atoms with Crippen molar-refractivity contribution < 1.29 is 9.90 Å². The van der Waals surface area contributed by atoms with Crippen molar-refractivity contribution in [2.75, 3.05) is 0 Å². The lowest BCUT2D eigenvalue weighted by atomic mass is 9.82. The predicted octanol–water partition coefficient (Wildman–Crippen LogP) is 2.52. The third-order valence-electron chi connectivity index (χ3n) is 6.18. The standard InChI is InChI=1S/C23H23N5O3/c29-13-14-5-10-20-19(11-24-28(20)12-14)22(30)25-16-8-6-15(7-9-16)21-17-3-1-2-4-18(17)23(31)27-26-21/h1-5,10-12,15-16,29H,6-9,13H2,(H,25,30)(H,27,31). The largest absolute Gasteiger partial charge is 0.392 e. The van der Waals surface area contributed by atoms with Crippen molar-refractivity contribution in [2.45, 2.75) is 44.2 Å². The number of aromatic amines is 1. The van der Waals surface area contributed by atoms with Gasteiger partial charge in [0.25, 0.3) is 11.5 Å². The summed E-state index contributed by atoms with van der Waals surface area (Å²) in [5, 5.41) is 25.2. The van der Waals surface area contributed by atoms with E-state index in [2.05, 4.69) is 20.6 Å². The third kappa shape index (κ3) is 3.59. The van der Waals surface area contributed by atoms with Crippen LogP contribution in [0.3, 0.4) is 0 Å². The maximum atomic E-state index is 12.8. The Morgan fingerprint density at radius 2 is 1.90 bits per heavy atom. The van der Waals surface area contributed by atoms with Crippen LogP contribution in [0.4, 0.5) is 0 Å². The zero-order valence-electron chi connectivity index (χ0n) is 16.9. The van der Waals surface area contributed by atoms with Gasteiger partial charge in [0.2, 0.25) is 0 Å². The van der Waals surface area contributed by atoms with Crippen LogP contribution >= 0.6 is 0 Å². The van der Waals surface area contributed by atoms with E-state index in [1.54, 1.807) is 29.0 Å². The number of nitrogens with zero attached hydrogens (tertiary/aromatic N) is 3. The second-order valence-electron chi connectivity index (χ2n) is 8.09. The fourth-order valence-electron chi connectivity index (χ4n) is 4.52. The van der Waals surface area contributed by atoms with E-state index in [1.807, 2.05) is 24.3 Å². The number of aromatic nitrogens is 4. The van der Waals surface area contributed by atoms with Crippen LogP contribution in [0.2, 0.25) is 0 Å². The van der Waals surface area contributed by atoms with Crippen molar-refractivity contribution in [3.63, 3.8) is 0 Å². The molecule has 1 aliphatic carbocycles. The molecule has 3 N–H and O–H groups in total. The Labute approximate surface area is 177 Å². The van der Waals surface area contributed by atoms with Crippen molar-refractivity contribution in [1.29, 1.82) is 0 Å². The zero-order chi connectivity index (χ0) is 21.4. The van der Waals surface area contributed by atoms with E-state index in [9.17, 15) is 14.7 Å². The average molecular weight is 417 g/mol. The number of fused-ring (bicyclic) bond motifs is 2. The molecule has 1 saturated carbocycles. The molecule has 8 nitrogen and oxygen atoms in total.